The van der Waals surface area contributed by atoms with Gasteiger partial charge in [-0.3, -0.25) is 9.59 Å². The molecule has 6 heteroatoms. The molecule has 0 saturated heterocycles. The average molecular weight is 332 g/mol. The van der Waals surface area contributed by atoms with Gasteiger partial charge >= 0.3 is 5.97 Å². The minimum Gasteiger partial charge on any atom is -0.467 e. The zero-order chi connectivity index (χ0) is 17.9. The minimum absolute atomic E-state index is 0.0188. The van der Waals surface area contributed by atoms with E-state index in [0.29, 0.717) is 17.2 Å². The van der Waals surface area contributed by atoms with Gasteiger partial charge in [-0.25, -0.2) is 4.79 Å². The highest BCUT2D eigenvalue weighted by Crippen LogP contribution is 2.38. The van der Waals surface area contributed by atoms with Crippen molar-refractivity contribution < 1.29 is 19.1 Å². The Balaban J connectivity index is 2.05. The number of hydrogen-bond donors (Lipinski definition) is 2. The normalized spacial score (nSPS) is 20.2. The van der Waals surface area contributed by atoms with Gasteiger partial charge in [0.1, 0.15) is 6.04 Å². The van der Waals surface area contributed by atoms with E-state index < -0.39 is 12.0 Å². The summed E-state index contributed by atoms with van der Waals surface area (Å²) in [6.07, 6.45) is 0.904. The Kier molecular flexibility index (Phi) is 5.59. The van der Waals surface area contributed by atoms with Gasteiger partial charge in [-0.1, -0.05) is 26.8 Å². The van der Waals surface area contributed by atoms with Crippen LogP contribution >= 0.6 is 0 Å². The Hall–Kier alpha value is -2.37. The van der Waals surface area contributed by atoms with E-state index in [-0.39, 0.29) is 23.7 Å². The molecule has 1 aliphatic carbocycles. The zero-order valence-corrected chi connectivity index (χ0v) is 14.5. The number of anilines is 1. The van der Waals surface area contributed by atoms with Gasteiger partial charge in [0.25, 0.3) is 5.91 Å². The van der Waals surface area contributed by atoms with Crippen molar-refractivity contribution in [3.63, 3.8) is 0 Å². The largest absolute Gasteiger partial charge is 0.467 e. The lowest BCUT2D eigenvalue weighted by Gasteiger charge is -2.20. The second-order valence-corrected chi connectivity index (χ2v) is 6.61. The molecule has 0 heterocycles. The van der Waals surface area contributed by atoms with E-state index >= 15 is 0 Å². The fraction of sp³-hybridized carbons (Fsp3) is 0.500. The molecule has 3 unspecified atom stereocenters. The van der Waals surface area contributed by atoms with Crippen LogP contribution in [0.5, 0.6) is 0 Å². The molecular formula is C18H24N2O4. The van der Waals surface area contributed by atoms with E-state index in [1.807, 2.05) is 20.8 Å². The van der Waals surface area contributed by atoms with E-state index in [0.717, 1.165) is 6.42 Å². The van der Waals surface area contributed by atoms with Crippen LogP contribution in [-0.2, 0) is 14.3 Å². The summed E-state index contributed by atoms with van der Waals surface area (Å²) in [5.41, 5.74) is 0.956. The van der Waals surface area contributed by atoms with Crippen molar-refractivity contribution in [2.75, 3.05) is 12.4 Å². The van der Waals surface area contributed by atoms with E-state index in [4.69, 9.17) is 4.74 Å². The van der Waals surface area contributed by atoms with E-state index in [2.05, 4.69) is 10.6 Å². The number of ether oxygens (including phenoxy) is 1. The smallest absolute Gasteiger partial charge is 0.328 e. The first kappa shape index (κ1) is 18.0. The van der Waals surface area contributed by atoms with Crippen LogP contribution in [-0.4, -0.2) is 30.9 Å². The van der Waals surface area contributed by atoms with Crippen molar-refractivity contribution in [3.05, 3.63) is 29.8 Å². The number of amides is 2. The van der Waals surface area contributed by atoms with Crippen LogP contribution in [0, 0.1) is 17.8 Å². The van der Waals surface area contributed by atoms with Crippen molar-refractivity contribution >= 4 is 23.5 Å². The maximum Gasteiger partial charge on any atom is 0.328 e. The van der Waals surface area contributed by atoms with Gasteiger partial charge in [0.2, 0.25) is 5.91 Å². The van der Waals surface area contributed by atoms with Crippen LogP contribution in [0.4, 0.5) is 5.69 Å². The molecule has 130 valence electrons. The molecule has 0 spiro atoms. The molecule has 1 fully saturated rings. The Morgan fingerprint density at radius 1 is 1.25 bits per heavy atom. The molecule has 3 atom stereocenters. The summed E-state index contributed by atoms with van der Waals surface area (Å²) in [5.74, 6) is -0.494. The Morgan fingerprint density at radius 2 is 1.92 bits per heavy atom. The lowest BCUT2D eigenvalue weighted by molar-refractivity contribution is -0.144. The number of esters is 1. The number of carbonyl (C=O) groups is 3. The van der Waals surface area contributed by atoms with Gasteiger partial charge in [0.15, 0.2) is 0 Å². The predicted molar refractivity (Wildman–Crippen MR) is 90.5 cm³/mol. The summed E-state index contributed by atoms with van der Waals surface area (Å²) in [6, 6.07) is 5.97. The van der Waals surface area contributed by atoms with Gasteiger partial charge in [-0.2, -0.15) is 0 Å². The topological polar surface area (TPSA) is 84.5 Å². The Labute approximate surface area is 142 Å². The van der Waals surface area contributed by atoms with E-state index in [9.17, 15) is 14.4 Å². The maximum absolute atomic E-state index is 12.4. The molecule has 0 aliphatic heterocycles. The van der Waals surface area contributed by atoms with Crippen molar-refractivity contribution in [1.29, 1.82) is 0 Å². The molecule has 1 saturated carbocycles. The number of nitrogens with one attached hydrogen (secondary N) is 2. The van der Waals surface area contributed by atoms with Crippen LogP contribution in [0.25, 0.3) is 0 Å². The number of carbonyl (C=O) groups excluding carboxylic acids is 3. The third kappa shape index (κ3) is 4.34. The third-order valence-corrected chi connectivity index (χ3v) is 4.25. The highest BCUT2D eigenvalue weighted by molar-refractivity contribution is 5.99. The highest BCUT2D eigenvalue weighted by Gasteiger charge is 2.39. The van der Waals surface area contributed by atoms with E-state index in [1.54, 1.807) is 24.3 Å². The van der Waals surface area contributed by atoms with Gasteiger partial charge in [-0.15, -0.1) is 0 Å². The number of hydrogen-bond acceptors (Lipinski definition) is 4. The van der Waals surface area contributed by atoms with Gasteiger partial charge in [0, 0.05) is 17.2 Å². The summed E-state index contributed by atoms with van der Waals surface area (Å²) in [4.78, 5) is 36.1. The second-order valence-electron chi connectivity index (χ2n) is 6.61. The summed E-state index contributed by atoms with van der Waals surface area (Å²) in [7, 11) is 1.29. The minimum atomic E-state index is -0.715. The van der Waals surface area contributed by atoms with Gasteiger partial charge < -0.3 is 15.4 Å². The number of benzene rings is 1. The fourth-order valence-corrected chi connectivity index (χ4v) is 2.51. The number of rotatable bonds is 6. The van der Waals surface area contributed by atoms with Crippen LogP contribution in [0.15, 0.2) is 24.3 Å². The molecule has 6 nitrogen and oxygen atoms in total. The SMILES string of the molecule is COC(=O)C(NC(=O)c1cccc(NC(=O)C2CC2C)c1)C(C)C. The van der Waals surface area contributed by atoms with Crippen molar-refractivity contribution in [2.45, 2.75) is 33.2 Å². The fourth-order valence-electron chi connectivity index (χ4n) is 2.51. The molecule has 24 heavy (non-hydrogen) atoms. The summed E-state index contributed by atoms with van der Waals surface area (Å²) in [6.45, 7) is 5.69. The van der Waals surface area contributed by atoms with E-state index in [1.165, 1.54) is 7.11 Å². The standard InChI is InChI=1S/C18H24N2O4/c1-10(2)15(18(23)24-4)20-16(21)12-6-5-7-13(9-12)19-17(22)14-8-11(14)3/h5-7,9-11,14-15H,8H2,1-4H3,(H,19,22)(H,20,21). The summed E-state index contributed by atoms with van der Waals surface area (Å²) < 4.78 is 4.72. The molecule has 0 bridgehead atoms. The first-order valence-electron chi connectivity index (χ1n) is 8.13. The molecule has 1 aromatic carbocycles. The Morgan fingerprint density at radius 3 is 2.46 bits per heavy atom. The molecule has 1 aliphatic rings. The van der Waals surface area contributed by atoms with Crippen molar-refractivity contribution in [3.8, 4) is 0 Å². The van der Waals surface area contributed by atoms with Gasteiger partial charge in [0.05, 0.1) is 7.11 Å². The zero-order valence-electron chi connectivity index (χ0n) is 14.5. The monoisotopic (exact) mass is 332 g/mol. The molecule has 2 N–H and O–H groups in total. The predicted octanol–water partition coefficient (Wildman–Crippen LogP) is 2.21. The Bertz CT molecular complexity index is 642. The second kappa shape index (κ2) is 7.47. The number of methoxy groups -OCH3 is 1. The van der Waals surface area contributed by atoms with Crippen LogP contribution in [0.2, 0.25) is 0 Å². The molecule has 1 aromatic rings. The summed E-state index contributed by atoms with van der Waals surface area (Å²) in [5, 5.41) is 5.51. The maximum atomic E-state index is 12.4. The van der Waals surface area contributed by atoms with Crippen LogP contribution in [0.1, 0.15) is 37.6 Å². The molecule has 0 radical (unpaired) electrons. The van der Waals surface area contributed by atoms with Crippen LogP contribution < -0.4 is 10.6 Å². The molecule has 2 rings (SSSR count). The third-order valence-electron chi connectivity index (χ3n) is 4.25. The van der Waals surface area contributed by atoms with Crippen molar-refractivity contribution in [1.82, 2.24) is 5.32 Å². The molecule has 0 aromatic heterocycles. The molecular weight excluding hydrogens is 308 g/mol. The highest BCUT2D eigenvalue weighted by atomic mass is 16.5. The lowest BCUT2D eigenvalue weighted by atomic mass is 10.0. The van der Waals surface area contributed by atoms with Crippen LogP contribution in [0.3, 0.4) is 0 Å². The first-order chi connectivity index (χ1) is 11.3. The molecule has 2 amide bonds. The van der Waals surface area contributed by atoms with Gasteiger partial charge in [-0.05, 0) is 36.5 Å². The first-order valence-corrected chi connectivity index (χ1v) is 8.13. The van der Waals surface area contributed by atoms with Crippen molar-refractivity contribution in [2.24, 2.45) is 17.8 Å². The quantitative estimate of drug-likeness (QED) is 0.782. The summed E-state index contributed by atoms with van der Waals surface area (Å²) >= 11 is 0. The average Bonchev–Trinajstić information content (AvgIpc) is 3.28. The lowest BCUT2D eigenvalue weighted by Crippen LogP contribution is -2.45.